The highest BCUT2D eigenvalue weighted by Gasteiger charge is 2.17. The van der Waals surface area contributed by atoms with Crippen molar-refractivity contribution in [1.82, 2.24) is 10.3 Å². The molecule has 1 unspecified atom stereocenters. The Balaban J connectivity index is 2.50. The lowest BCUT2D eigenvalue weighted by Crippen LogP contribution is -2.34. The third kappa shape index (κ3) is 5.58. The third-order valence-electron chi connectivity index (χ3n) is 2.56. The number of aromatic nitrogens is 1. The largest absolute Gasteiger partial charge is 0.490 e. The van der Waals surface area contributed by atoms with Crippen LogP contribution in [0.4, 0.5) is 4.79 Å². The number of rotatable bonds is 4. The van der Waals surface area contributed by atoms with E-state index < -0.39 is 18.8 Å². The van der Waals surface area contributed by atoms with Gasteiger partial charge in [-0.05, 0) is 26.8 Å². The summed E-state index contributed by atoms with van der Waals surface area (Å²) in [5, 5.41) is 20.6. The lowest BCUT2D eigenvalue weighted by Gasteiger charge is -2.20. The SMILES string of the molecule is CC(CNC(=O)OC(C)(C)C)c1ccc(B(O)O)cn1. The molecule has 7 heteroatoms. The number of nitrogens with zero attached hydrogens (tertiary/aromatic N) is 1. The molecule has 1 rings (SSSR count). The van der Waals surface area contributed by atoms with Gasteiger partial charge in [0.2, 0.25) is 0 Å². The van der Waals surface area contributed by atoms with E-state index in [2.05, 4.69) is 10.3 Å². The van der Waals surface area contributed by atoms with Crippen molar-refractivity contribution in [2.45, 2.75) is 39.2 Å². The van der Waals surface area contributed by atoms with Gasteiger partial charge in [0.1, 0.15) is 5.60 Å². The van der Waals surface area contributed by atoms with E-state index in [4.69, 9.17) is 14.8 Å². The first-order chi connectivity index (χ1) is 9.19. The Labute approximate surface area is 119 Å². The molecule has 1 heterocycles. The van der Waals surface area contributed by atoms with Gasteiger partial charge in [0, 0.05) is 29.8 Å². The minimum atomic E-state index is -1.52. The van der Waals surface area contributed by atoms with Crippen LogP contribution in [-0.2, 0) is 4.74 Å². The number of amides is 1. The van der Waals surface area contributed by atoms with Crippen LogP contribution in [0.5, 0.6) is 0 Å². The first-order valence-corrected chi connectivity index (χ1v) is 6.48. The van der Waals surface area contributed by atoms with Gasteiger partial charge in [0.15, 0.2) is 0 Å². The number of ether oxygens (including phenoxy) is 1. The average Bonchev–Trinajstić information content (AvgIpc) is 2.34. The van der Waals surface area contributed by atoms with Crippen LogP contribution in [0.15, 0.2) is 18.3 Å². The van der Waals surface area contributed by atoms with Crippen molar-refractivity contribution >= 4 is 18.7 Å². The fourth-order valence-electron chi connectivity index (χ4n) is 1.52. The Morgan fingerprint density at radius 1 is 1.45 bits per heavy atom. The fraction of sp³-hybridized carbons (Fsp3) is 0.538. The van der Waals surface area contributed by atoms with Crippen molar-refractivity contribution in [2.75, 3.05) is 6.54 Å². The number of hydrogen-bond donors (Lipinski definition) is 3. The molecular formula is C13H21BN2O4. The molecule has 0 saturated carbocycles. The lowest BCUT2D eigenvalue weighted by atomic mass is 9.81. The van der Waals surface area contributed by atoms with Crippen molar-refractivity contribution in [3.8, 4) is 0 Å². The molecule has 1 atom stereocenters. The molecule has 0 spiro atoms. The molecule has 3 N–H and O–H groups in total. The maximum atomic E-state index is 11.5. The molecule has 110 valence electrons. The molecular weight excluding hydrogens is 259 g/mol. The maximum Gasteiger partial charge on any atom is 0.490 e. The number of pyridine rings is 1. The number of hydrogen-bond acceptors (Lipinski definition) is 5. The summed E-state index contributed by atoms with van der Waals surface area (Å²) in [5.41, 5.74) is 0.566. The van der Waals surface area contributed by atoms with Crippen molar-refractivity contribution in [1.29, 1.82) is 0 Å². The summed E-state index contributed by atoms with van der Waals surface area (Å²) in [4.78, 5) is 15.7. The topological polar surface area (TPSA) is 91.7 Å². The second-order valence-electron chi connectivity index (χ2n) is 5.67. The third-order valence-corrected chi connectivity index (χ3v) is 2.56. The van der Waals surface area contributed by atoms with E-state index in [1.54, 1.807) is 32.9 Å². The van der Waals surface area contributed by atoms with Crippen LogP contribution >= 0.6 is 0 Å². The van der Waals surface area contributed by atoms with E-state index in [0.717, 1.165) is 5.69 Å². The minimum Gasteiger partial charge on any atom is -0.444 e. The van der Waals surface area contributed by atoms with E-state index in [1.165, 1.54) is 6.20 Å². The lowest BCUT2D eigenvalue weighted by molar-refractivity contribution is 0.0525. The second-order valence-corrected chi connectivity index (χ2v) is 5.67. The van der Waals surface area contributed by atoms with Crippen molar-refractivity contribution in [3.63, 3.8) is 0 Å². The summed E-state index contributed by atoms with van der Waals surface area (Å²) in [6.45, 7) is 7.71. The van der Waals surface area contributed by atoms with E-state index in [9.17, 15) is 4.79 Å². The highest BCUT2D eigenvalue weighted by atomic mass is 16.6. The van der Waals surface area contributed by atoms with E-state index in [-0.39, 0.29) is 5.92 Å². The number of alkyl carbamates (subject to hydrolysis) is 1. The van der Waals surface area contributed by atoms with Crippen LogP contribution in [0.1, 0.15) is 39.3 Å². The summed E-state index contributed by atoms with van der Waals surface area (Å²) < 4.78 is 5.14. The fourth-order valence-corrected chi connectivity index (χ4v) is 1.52. The molecule has 20 heavy (non-hydrogen) atoms. The van der Waals surface area contributed by atoms with Crippen LogP contribution < -0.4 is 10.8 Å². The first-order valence-electron chi connectivity index (χ1n) is 6.48. The molecule has 0 aliphatic carbocycles. The van der Waals surface area contributed by atoms with E-state index in [1.807, 2.05) is 6.92 Å². The molecule has 0 saturated heterocycles. The Hall–Kier alpha value is -1.60. The van der Waals surface area contributed by atoms with Gasteiger partial charge in [-0.25, -0.2) is 4.79 Å². The molecule has 0 bridgehead atoms. The predicted octanol–water partition coefficient (Wildman–Crippen LogP) is 0.390. The van der Waals surface area contributed by atoms with Crippen LogP contribution in [0, 0.1) is 0 Å². The quantitative estimate of drug-likeness (QED) is 0.694. The van der Waals surface area contributed by atoms with Gasteiger partial charge in [0.05, 0.1) is 0 Å². The molecule has 0 aliphatic heterocycles. The molecule has 1 aromatic rings. The van der Waals surface area contributed by atoms with E-state index >= 15 is 0 Å². The number of carbonyl (C=O) groups excluding carboxylic acids is 1. The van der Waals surface area contributed by atoms with Gasteiger partial charge >= 0.3 is 13.2 Å². The Bertz CT molecular complexity index is 443. The molecule has 0 radical (unpaired) electrons. The van der Waals surface area contributed by atoms with Crippen LogP contribution in [0.25, 0.3) is 0 Å². The van der Waals surface area contributed by atoms with Gasteiger partial charge in [-0.2, -0.15) is 0 Å². The highest BCUT2D eigenvalue weighted by Crippen LogP contribution is 2.11. The Morgan fingerprint density at radius 2 is 2.10 bits per heavy atom. The number of carbonyl (C=O) groups is 1. The molecule has 0 aromatic carbocycles. The zero-order valence-electron chi connectivity index (χ0n) is 12.3. The van der Waals surface area contributed by atoms with Crippen LogP contribution in [-0.4, -0.2) is 40.4 Å². The normalized spacial score (nSPS) is 12.7. The Kier molecular flexibility index (Phi) is 5.53. The summed E-state index contributed by atoms with van der Waals surface area (Å²) >= 11 is 0. The van der Waals surface area contributed by atoms with Gasteiger partial charge in [-0.1, -0.05) is 13.0 Å². The summed E-state index contributed by atoms with van der Waals surface area (Å²) in [5.74, 6) is -0.00703. The smallest absolute Gasteiger partial charge is 0.444 e. The predicted molar refractivity (Wildman–Crippen MR) is 76.7 cm³/mol. The highest BCUT2D eigenvalue weighted by molar-refractivity contribution is 6.58. The minimum absolute atomic E-state index is 0.00703. The standard InChI is InChI=1S/C13H21BN2O4/c1-9(7-16-12(17)20-13(2,3)4)11-6-5-10(8-15-11)14(18)19/h5-6,8-9,18-19H,7H2,1-4H3,(H,16,17). The van der Waals surface area contributed by atoms with Gasteiger partial charge in [0.25, 0.3) is 0 Å². The zero-order valence-corrected chi connectivity index (χ0v) is 12.3. The van der Waals surface area contributed by atoms with Crippen LogP contribution in [0.3, 0.4) is 0 Å². The molecule has 1 amide bonds. The Morgan fingerprint density at radius 3 is 2.55 bits per heavy atom. The molecule has 6 nitrogen and oxygen atoms in total. The molecule has 0 aliphatic rings. The van der Waals surface area contributed by atoms with E-state index in [0.29, 0.717) is 12.0 Å². The second kappa shape index (κ2) is 6.72. The summed E-state index contributed by atoms with van der Waals surface area (Å²) in [6.07, 6.45) is 0.941. The number of nitrogens with one attached hydrogen (secondary N) is 1. The van der Waals surface area contributed by atoms with Crippen molar-refractivity contribution < 1.29 is 19.6 Å². The van der Waals surface area contributed by atoms with Crippen LogP contribution in [0.2, 0.25) is 0 Å². The average molecular weight is 280 g/mol. The molecule has 0 fully saturated rings. The summed E-state index contributed by atoms with van der Waals surface area (Å²) in [7, 11) is -1.52. The van der Waals surface area contributed by atoms with Gasteiger partial charge in [-0.15, -0.1) is 0 Å². The maximum absolute atomic E-state index is 11.5. The van der Waals surface area contributed by atoms with Gasteiger partial charge in [-0.3, -0.25) is 4.98 Å². The zero-order chi connectivity index (χ0) is 15.3. The van der Waals surface area contributed by atoms with Crippen molar-refractivity contribution in [2.24, 2.45) is 0 Å². The first kappa shape index (κ1) is 16.5. The van der Waals surface area contributed by atoms with Gasteiger partial charge < -0.3 is 20.1 Å². The molecule has 1 aromatic heterocycles. The van der Waals surface area contributed by atoms with Crippen molar-refractivity contribution in [3.05, 3.63) is 24.0 Å². The monoisotopic (exact) mass is 280 g/mol. The summed E-state index contributed by atoms with van der Waals surface area (Å²) in [6, 6.07) is 3.30.